The highest BCUT2D eigenvalue weighted by atomic mass is 16.5. The van der Waals surface area contributed by atoms with Gasteiger partial charge in [0.2, 0.25) is 0 Å². The van der Waals surface area contributed by atoms with Gasteiger partial charge in [-0.3, -0.25) is 4.90 Å². The van der Waals surface area contributed by atoms with Crippen LogP contribution in [-0.4, -0.2) is 49.7 Å². The predicted molar refractivity (Wildman–Crippen MR) is 105 cm³/mol. The molecule has 140 valence electrons. The molecule has 1 fully saturated rings. The minimum atomic E-state index is -0.0883. The highest BCUT2D eigenvalue weighted by Gasteiger charge is 2.27. The number of carbonyl (C=O) groups excluding carboxylic acids is 1. The smallest absolute Gasteiger partial charge is 0.318 e. The number of methoxy groups -OCH3 is 1. The molecule has 1 aliphatic heterocycles. The molecule has 0 aromatic heterocycles. The molecule has 1 aliphatic rings. The molecule has 3 rings (SSSR count). The Balaban J connectivity index is 1.78. The Morgan fingerprint density at radius 1 is 1.23 bits per heavy atom. The summed E-state index contributed by atoms with van der Waals surface area (Å²) in [4.78, 5) is 16.9. The highest BCUT2D eigenvalue weighted by Crippen LogP contribution is 2.31. The normalized spacial score (nSPS) is 19.2. The van der Waals surface area contributed by atoms with Crippen molar-refractivity contribution in [2.45, 2.75) is 38.4 Å². The zero-order chi connectivity index (χ0) is 18.7. The molecule has 2 unspecified atom stereocenters. The van der Waals surface area contributed by atoms with Gasteiger partial charge in [-0.25, -0.2) is 4.79 Å². The molecule has 2 amide bonds. The quantitative estimate of drug-likeness (QED) is 0.902. The van der Waals surface area contributed by atoms with Gasteiger partial charge in [0.1, 0.15) is 5.75 Å². The van der Waals surface area contributed by atoms with E-state index in [1.54, 1.807) is 7.11 Å². The van der Waals surface area contributed by atoms with Gasteiger partial charge in [0.25, 0.3) is 0 Å². The topological polar surface area (TPSA) is 44.8 Å². The first-order valence-corrected chi connectivity index (χ1v) is 9.32. The minimum Gasteiger partial charge on any atom is -0.496 e. The van der Waals surface area contributed by atoms with E-state index in [1.165, 1.54) is 12.8 Å². The second kappa shape index (κ2) is 7.96. The molecule has 26 heavy (non-hydrogen) atoms. The van der Waals surface area contributed by atoms with Crippen LogP contribution in [-0.2, 0) is 0 Å². The lowest BCUT2D eigenvalue weighted by Gasteiger charge is -2.39. The fourth-order valence-corrected chi connectivity index (χ4v) is 3.90. The van der Waals surface area contributed by atoms with Gasteiger partial charge in [-0.2, -0.15) is 0 Å². The number of urea groups is 1. The molecule has 1 saturated heterocycles. The summed E-state index contributed by atoms with van der Waals surface area (Å²) in [6.45, 7) is 3.07. The summed E-state index contributed by atoms with van der Waals surface area (Å²) in [6, 6.07) is 12.0. The van der Waals surface area contributed by atoms with Crippen LogP contribution < -0.4 is 10.1 Å². The third-order valence-corrected chi connectivity index (χ3v) is 5.44. The predicted octanol–water partition coefficient (Wildman–Crippen LogP) is 3.99. The fraction of sp³-hybridized carbons (Fsp3) is 0.476. The second-order valence-corrected chi connectivity index (χ2v) is 7.14. The van der Waals surface area contributed by atoms with Gasteiger partial charge < -0.3 is 15.0 Å². The molecule has 0 spiro atoms. The van der Waals surface area contributed by atoms with Gasteiger partial charge in [0.05, 0.1) is 19.3 Å². The summed E-state index contributed by atoms with van der Waals surface area (Å²) in [5.74, 6) is 0.851. The number of fused-ring (bicyclic) bond motifs is 1. The third-order valence-electron chi connectivity index (χ3n) is 5.44. The van der Waals surface area contributed by atoms with Crippen molar-refractivity contribution in [1.29, 1.82) is 0 Å². The van der Waals surface area contributed by atoms with Crippen molar-refractivity contribution in [3.05, 3.63) is 42.0 Å². The van der Waals surface area contributed by atoms with Crippen LogP contribution in [0.4, 0.5) is 4.79 Å². The molecule has 0 saturated carbocycles. The largest absolute Gasteiger partial charge is 0.496 e. The van der Waals surface area contributed by atoms with Crippen LogP contribution in [0.3, 0.4) is 0 Å². The van der Waals surface area contributed by atoms with E-state index in [4.69, 9.17) is 4.74 Å². The molecule has 1 heterocycles. The van der Waals surface area contributed by atoms with E-state index < -0.39 is 0 Å². The average molecular weight is 355 g/mol. The van der Waals surface area contributed by atoms with Crippen LogP contribution in [0.15, 0.2) is 36.4 Å². The maximum atomic E-state index is 12.8. The van der Waals surface area contributed by atoms with E-state index in [9.17, 15) is 4.79 Å². The van der Waals surface area contributed by atoms with Gasteiger partial charge in [-0.15, -0.1) is 0 Å². The number of likely N-dealkylation sites (tertiary alicyclic amines) is 1. The summed E-state index contributed by atoms with van der Waals surface area (Å²) in [5.41, 5.74) is 1.10. The number of carbonyl (C=O) groups is 1. The summed E-state index contributed by atoms with van der Waals surface area (Å²) < 4.78 is 5.47. The van der Waals surface area contributed by atoms with Gasteiger partial charge in [0, 0.05) is 12.4 Å². The standard InChI is InChI=1S/C21H29N3O2/c1-15(22-21(25)24(3)20-11-7-8-14-23(20)2)16-12-13-19(26-4)18-10-6-5-9-17(16)18/h5-6,9-10,12-13,15,20H,7-8,11,14H2,1-4H3,(H,22,25). The molecule has 0 radical (unpaired) electrons. The van der Waals surface area contributed by atoms with E-state index in [2.05, 4.69) is 29.4 Å². The fourth-order valence-electron chi connectivity index (χ4n) is 3.90. The average Bonchev–Trinajstić information content (AvgIpc) is 2.66. The van der Waals surface area contributed by atoms with Crippen LogP contribution in [0.25, 0.3) is 10.8 Å². The van der Waals surface area contributed by atoms with E-state index in [-0.39, 0.29) is 18.2 Å². The number of ether oxygens (including phenoxy) is 1. The van der Waals surface area contributed by atoms with E-state index in [0.717, 1.165) is 35.1 Å². The number of rotatable bonds is 4. The molecule has 2 aromatic carbocycles. The first-order valence-electron chi connectivity index (χ1n) is 9.32. The Hall–Kier alpha value is -2.27. The van der Waals surface area contributed by atoms with E-state index in [1.807, 2.05) is 43.1 Å². The first kappa shape index (κ1) is 18.5. The van der Waals surface area contributed by atoms with E-state index >= 15 is 0 Å². The van der Waals surface area contributed by atoms with Gasteiger partial charge in [-0.05, 0) is 56.8 Å². The summed E-state index contributed by atoms with van der Waals surface area (Å²) in [5, 5.41) is 5.34. The van der Waals surface area contributed by atoms with Crippen LogP contribution in [0.2, 0.25) is 0 Å². The van der Waals surface area contributed by atoms with Crippen molar-refractivity contribution in [1.82, 2.24) is 15.1 Å². The maximum Gasteiger partial charge on any atom is 0.318 e. The lowest BCUT2D eigenvalue weighted by molar-refractivity contribution is 0.0697. The van der Waals surface area contributed by atoms with Crippen molar-refractivity contribution < 1.29 is 9.53 Å². The highest BCUT2D eigenvalue weighted by molar-refractivity contribution is 5.91. The Labute approximate surface area is 155 Å². The number of hydrogen-bond donors (Lipinski definition) is 1. The van der Waals surface area contributed by atoms with Crippen molar-refractivity contribution in [2.24, 2.45) is 0 Å². The Bertz CT molecular complexity index is 777. The number of hydrogen-bond acceptors (Lipinski definition) is 3. The van der Waals surface area contributed by atoms with Crippen LogP contribution in [0, 0.1) is 0 Å². The van der Waals surface area contributed by atoms with E-state index in [0.29, 0.717) is 0 Å². The van der Waals surface area contributed by atoms with Crippen LogP contribution >= 0.6 is 0 Å². The molecule has 5 heteroatoms. The molecule has 0 aliphatic carbocycles. The van der Waals surface area contributed by atoms with Gasteiger partial charge in [0.15, 0.2) is 0 Å². The Morgan fingerprint density at radius 2 is 1.96 bits per heavy atom. The third kappa shape index (κ3) is 3.63. The number of nitrogens with zero attached hydrogens (tertiary/aromatic N) is 2. The molecule has 5 nitrogen and oxygen atoms in total. The SMILES string of the molecule is COc1ccc(C(C)NC(=O)N(C)C2CCCCN2C)c2ccccc12. The monoisotopic (exact) mass is 355 g/mol. The Morgan fingerprint density at radius 3 is 2.65 bits per heavy atom. The lowest BCUT2D eigenvalue weighted by Crippen LogP contribution is -2.52. The molecule has 0 bridgehead atoms. The zero-order valence-corrected chi connectivity index (χ0v) is 16.2. The summed E-state index contributed by atoms with van der Waals surface area (Å²) >= 11 is 0. The number of amides is 2. The van der Waals surface area contributed by atoms with Crippen molar-refractivity contribution in [3.63, 3.8) is 0 Å². The van der Waals surface area contributed by atoms with Crippen LogP contribution in [0.5, 0.6) is 5.75 Å². The van der Waals surface area contributed by atoms with Crippen molar-refractivity contribution in [3.8, 4) is 5.75 Å². The molecular formula is C21H29N3O2. The minimum absolute atomic E-state index is 0.0313. The molecule has 2 atom stereocenters. The lowest BCUT2D eigenvalue weighted by atomic mass is 9.99. The zero-order valence-electron chi connectivity index (χ0n) is 16.2. The van der Waals surface area contributed by atoms with Crippen molar-refractivity contribution in [2.75, 3.05) is 27.7 Å². The number of piperidine rings is 1. The summed E-state index contributed by atoms with van der Waals surface area (Å²) in [6.07, 6.45) is 3.57. The Kier molecular flexibility index (Phi) is 5.67. The number of benzene rings is 2. The number of nitrogens with one attached hydrogen (secondary N) is 1. The van der Waals surface area contributed by atoms with Crippen LogP contribution in [0.1, 0.15) is 37.8 Å². The summed E-state index contributed by atoms with van der Waals surface area (Å²) in [7, 11) is 5.66. The van der Waals surface area contributed by atoms with Crippen molar-refractivity contribution >= 4 is 16.8 Å². The van der Waals surface area contributed by atoms with Gasteiger partial charge >= 0.3 is 6.03 Å². The first-order chi connectivity index (χ1) is 12.5. The second-order valence-electron chi connectivity index (χ2n) is 7.14. The maximum absolute atomic E-state index is 12.8. The molecule has 1 N–H and O–H groups in total. The molecular weight excluding hydrogens is 326 g/mol. The van der Waals surface area contributed by atoms with Gasteiger partial charge in [-0.1, -0.05) is 30.3 Å². The molecule has 2 aromatic rings.